The predicted molar refractivity (Wildman–Crippen MR) is 124 cm³/mol. The molecule has 0 bridgehead atoms. The van der Waals surface area contributed by atoms with E-state index in [1.54, 1.807) is 0 Å². The Balaban J connectivity index is 1.88. The number of amides is 1. The third-order valence-electron chi connectivity index (χ3n) is 6.33. The fourth-order valence-corrected chi connectivity index (χ4v) is 4.16. The van der Waals surface area contributed by atoms with Crippen LogP contribution in [0.4, 0.5) is 5.69 Å². The van der Waals surface area contributed by atoms with Gasteiger partial charge in [0.1, 0.15) is 6.61 Å². The van der Waals surface area contributed by atoms with Crippen molar-refractivity contribution in [2.75, 3.05) is 6.61 Å². The molecular formula is C22H30N4O7Si. The zero-order valence-corrected chi connectivity index (χ0v) is 21.0. The van der Waals surface area contributed by atoms with Gasteiger partial charge in [-0.3, -0.25) is 19.7 Å². The Morgan fingerprint density at radius 1 is 1.24 bits per heavy atom. The molecule has 0 aromatic heterocycles. The van der Waals surface area contributed by atoms with E-state index in [4.69, 9.17) is 9.16 Å². The first kappa shape index (κ1) is 27.0. The number of hydrogen-bond donors (Lipinski definition) is 1. The molecule has 1 aliphatic rings. The van der Waals surface area contributed by atoms with Gasteiger partial charge in [0.05, 0.1) is 10.8 Å². The van der Waals surface area contributed by atoms with Gasteiger partial charge in [-0.05, 0) is 42.2 Å². The summed E-state index contributed by atoms with van der Waals surface area (Å²) in [4.78, 5) is 49.7. The lowest BCUT2D eigenvalue weighted by atomic mass is 9.84. The van der Waals surface area contributed by atoms with Crippen molar-refractivity contribution in [2.24, 2.45) is 5.92 Å². The second-order valence-electron chi connectivity index (χ2n) is 9.69. The largest absolute Gasteiger partial charge is 0.452 e. The number of ketones is 1. The Hall–Kier alpha value is -3.21. The maximum absolute atomic E-state index is 12.5. The van der Waals surface area contributed by atoms with Crippen molar-refractivity contribution in [1.82, 2.24) is 5.32 Å². The van der Waals surface area contributed by atoms with Crippen molar-refractivity contribution < 1.29 is 33.3 Å². The van der Waals surface area contributed by atoms with E-state index in [0.717, 1.165) is 0 Å². The highest BCUT2D eigenvalue weighted by Crippen LogP contribution is 2.37. The number of ether oxygens (including phenoxy) is 1. The molecule has 11 nitrogen and oxygen atoms in total. The number of nitrogens with zero attached hydrogens (tertiary/aromatic N) is 3. The van der Waals surface area contributed by atoms with E-state index in [1.807, 2.05) is 0 Å². The van der Waals surface area contributed by atoms with E-state index >= 15 is 0 Å². The smallest absolute Gasteiger partial charge is 0.441 e. The van der Waals surface area contributed by atoms with E-state index in [2.05, 4.69) is 44.0 Å². The van der Waals surface area contributed by atoms with Crippen molar-refractivity contribution in [3.05, 3.63) is 45.5 Å². The summed E-state index contributed by atoms with van der Waals surface area (Å²) in [7, 11) is -1.97. The molecule has 1 fully saturated rings. The second-order valence-corrected chi connectivity index (χ2v) is 14.5. The minimum Gasteiger partial charge on any atom is -0.452 e. The summed E-state index contributed by atoms with van der Waals surface area (Å²) in [5.41, 5.74) is 8.74. The van der Waals surface area contributed by atoms with E-state index in [1.165, 1.54) is 24.3 Å². The van der Waals surface area contributed by atoms with Crippen molar-refractivity contribution in [3.8, 4) is 0 Å². The average molecular weight is 491 g/mol. The quantitative estimate of drug-likeness (QED) is 0.0574. The number of nitro groups is 1. The summed E-state index contributed by atoms with van der Waals surface area (Å²) in [6, 6.07) is 4.82. The molecule has 1 saturated heterocycles. The van der Waals surface area contributed by atoms with Crippen molar-refractivity contribution in [2.45, 2.75) is 64.4 Å². The topological polar surface area (TPSA) is 161 Å². The number of nitro benzene ring substituents is 1. The summed E-state index contributed by atoms with van der Waals surface area (Å²) in [6.07, 6.45) is 0.217. The molecule has 1 aliphatic heterocycles. The minimum absolute atomic E-state index is 0.0333. The number of rotatable bonds is 11. The average Bonchev–Trinajstić information content (AvgIpc) is 2.74. The molecule has 12 heteroatoms. The van der Waals surface area contributed by atoms with E-state index < -0.39 is 42.7 Å². The maximum atomic E-state index is 12.5. The second kappa shape index (κ2) is 10.8. The number of benzene rings is 1. The first-order valence-electron chi connectivity index (χ1n) is 10.9. The molecular weight excluding hydrogens is 460 g/mol. The number of esters is 1. The highest BCUT2D eigenvalue weighted by Gasteiger charge is 2.44. The van der Waals surface area contributed by atoms with Crippen molar-refractivity contribution >= 4 is 37.4 Å². The zero-order valence-electron chi connectivity index (χ0n) is 20.0. The molecule has 0 saturated carbocycles. The monoisotopic (exact) mass is 490 g/mol. The van der Waals surface area contributed by atoms with Crippen LogP contribution in [-0.2, 0) is 30.2 Å². The van der Waals surface area contributed by atoms with Crippen LogP contribution in [0, 0.1) is 16.0 Å². The highest BCUT2D eigenvalue weighted by molar-refractivity contribution is 6.74. The van der Waals surface area contributed by atoms with Gasteiger partial charge >= 0.3 is 11.7 Å². The third-order valence-corrected chi connectivity index (χ3v) is 10.9. The Morgan fingerprint density at radius 3 is 2.35 bits per heavy atom. The van der Waals surface area contributed by atoms with Crippen LogP contribution in [0.15, 0.2) is 24.3 Å². The van der Waals surface area contributed by atoms with Crippen molar-refractivity contribution in [3.63, 3.8) is 0 Å². The van der Waals surface area contributed by atoms with Gasteiger partial charge in [0.15, 0.2) is 8.32 Å². The van der Waals surface area contributed by atoms with Crippen LogP contribution in [0.5, 0.6) is 0 Å². The number of hydrogen-bond acceptors (Lipinski definition) is 7. The number of nitrogens with one attached hydrogen (secondary N) is 1. The Kier molecular flexibility index (Phi) is 8.59. The van der Waals surface area contributed by atoms with Gasteiger partial charge < -0.3 is 20.0 Å². The fraction of sp³-hybridized carbons (Fsp3) is 0.545. The number of carbonyl (C=O) groups excluding carboxylic acids is 3. The van der Waals surface area contributed by atoms with Crippen LogP contribution in [0.3, 0.4) is 0 Å². The van der Waals surface area contributed by atoms with E-state index in [0.29, 0.717) is 18.6 Å². The molecule has 0 unspecified atom stereocenters. The van der Waals surface area contributed by atoms with Crippen LogP contribution in [0.25, 0.3) is 5.53 Å². The van der Waals surface area contributed by atoms with Crippen LogP contribution < -0.4 is 5.32 Å². The number of carbonyl (C=O) groups is 3. The van der Waals surface area contributed by atoms with Gasteiger partial charge in [0, 0.05) is 31.2 Å². The molecule has 184 valence electrons. The molecule has 34 heavy (non-hydrogen) atoms. The van der Waals surface area contributed by atoms with Crippen molar-refractivity contribution in [1.29, 1.82) is 0 Å². The first-order valence-corrected chi connectivity index (χ1v) is 13.8. The molecule has 0 spiro atoms. The molecule has 2 atom stereocenters. The number of non-ortho nitro benzene ring substituents is 1. The van der Waals surface area contributed by atoms with Gasteiger partial charge in [-0.2, -0.15) is 4.79 Å². The number of Topliss-reactive ketones (excluding diaryl/α,β-unsaturated/α-hetero) is 1. The predicted octanol–water partition coefficient (Wildman–Crippen LogP) is 2.79. The Bertz CT molecular complexity index is 1010. The molecule has 1 aromatic carbocycles. The van der Waals surface area contributed by atoms with Crippen LogP contribution >= 0.6 is 0 Å². The lowest BCUT2D eigenvalue weighted by Crippen LogP contribution is -2.59. The van der Waals surface area contributed by atoms with Gasteiger partial charge in [-0.25, -0.2) is 4.79 Å². The highest BCUT2D eigenvalue weighted by atomic mass is 28.4. The normalized spacial score (nSPS) is 17.7. The number of β-lactam (4-membered cyclic amide) rings is 1. The van der Waals surface area contributed by atoms with Gasteiger partial charge in [0.2, 0.25) is 5.91 Å². The molecule has 1 amide bonds. The SMILES string of the molecule is CC(C)(C)[Si](C)(C)OCC[C@@H]1C(=O)N[C@@H]1CC(=O)C(=[N+]=[N-])C(=O)OCc1ccc([N+](=O)[O-])cc1. The maximum Gasteiger partial charge on any atom is 0.441 e. The molecule has 0 radical (unpaired) electrons. The zero-order chi connectivity index (χ0) is 25.7. The lowest BCUT2D eigenvalue weighted by Gasteiger charge is -2.39. The van der Waals surface area contributed by atoms with Crippen LogP contribution in [-0.4, -0.2) is 54.1 Å². The first-order chi connectivity index (χ1) is 15.8. The van der Waals surface area contributed by atoms with Gasteiger partial charge in [0.25, 0.3) is 11.5 Å². The summed E-state index contributed by atoms with van der Waals surface area (Å²) < 4.78 is 11.1. The van der Waals surface area contributed by atoms with Gasteiger partial charge in [-0.1, -0.05) is 20.8 Å². The standard InChI is InChI=1S/C22H30N4O7Si/c1-22(2,3)34(4,5)33-11-10-16-17(24-20(16)28)12-18(27)19(25-23)21(29)32-13-14-6-8-15(9-7-14)26(30)31/h6-9,16-17H,10-13H2,1-5H3,(H,24,28)/t16-,17+/m0/s1. The summed E-state index contributed by atoms with van der Waals surface area (Å²) in [5, 5.41) is 13.4. The third kappa shape index (κ3) is 6.66. The Morgan fingerprint density at radius 2 is 1.85 bits per heavy atom. The van der Waals surface area contributed by atoms with E-state index in [-0.39, 0.29) is 29.7 Å². The van der Waals surface area contributed by atoms with Gasteiger partial charge in [-0.15, -0.1) is 0 Å². The fourth-order valence-electron chi connectivity index (χ4n) is 3.10. The molecule has 1 N–H and O–H groups in total. The summed E-state index contributed by atoms with van der Waals surface area (Å²) >= 11 is 0. The molecule has 1 heterocycles. The van der Waals surface area contributed by atoms with E-state index in [9.17, 15) is 30.0 Å². The molecule has 0 aliphatic carbocycles. The summed E-state index contributed by atoms with van der Waals surface area (Å²) in [5.74, 6) is -2.53. The van der Waals surface area contributed by atoms with Crippen LogP contribution in [0.2, 0.25) is 18.1 Å². The van der Waals surface area contributed by atoms with Crippen LogP contribution in [0.1, 0.15) is 39.2 Å². The lowest BCUT2D eigenvalue weighted by molar-refractivity contribution is -0.384. The Labute approximate surface area is 198 Å². The molecule has 2 rings (SSSR count). The molecule has 1 aromatic rings. The minimum atomic E-state index is -1.97. The summed E-state index contributed by atoms with van der Waals surface area (Å²) in [6.45, 7) is 10.7.